The molecule has 0 spiro atoms. The number of hydrogen-bond donors (Lipinski definition) is 0. The third-order valence-electron chi connectivity index (χ3n) is 2.69. The van der Waals surface area contributed by atoms with Crippen LogP contribution in [0, 0.1) is 0 Å². The molecule has 0 aliphatic carbocycles. The van der Waals surface area contributed by atoms with Gasteiger partial charge in [0.25, 0.3) is 0 Å². The lowest BCUT2D eigenvalue weighted by Crippen LogP contribution is -2.29. The van der Waals surface area contributed by atoms with Crippen LogP contribution in [0.2, 0.25) is 10.0 Å². The van der Waals surface area contributed by atoms with Crippen LogP contribution in [-0.4, -0.2) is 13.1 Å². The van der Waals surface area contributed by atoms with Crippen LogP contribution in [0.15, 0.2) is 16.6 Å². The predicted molar refractivity (Wildman–Crippen MR) is 70.2 cm³/mol. The molecule has 1 aliphatic rings. The number of halogens is 3. The third-order valence-corrected chi connectivity index (χ3v) is 4.60. The van der Waals surface area contributed by atoms with E-state index in [4.69, 9.17) is 23.2 Å². The minimum Gasteiger partial charge on any atom is -0.371 e. The maximum absolute atomic E-state index is 6.08. The summed E-state index contributed by atoms with van der Waals surface area (Å²) in [6.45, 7) is 2.21. The van der Waals surface area contributed by atoms with Gasteiger partial charge in [0.15, 0.2) is 0 Å². The second-order valence-electron chi connectivity index (χ2n) is 3.77. The highest BCUT2D eigenvalue weighted by Gasteiger charge is 2.13. The van der Waals surface area contributed by atoms with Crippen LogP contribution >= 0.6 is 39.1 Å². The second kappa shape index (κ2) is 4.94. The molecule has 2 rings (SSSR count). The fraction of sp³-hybridized carbons (Fsp3) is 0.455. The molecule has 15 heavy (non-hydrogen) atoms. The monoisotopic (exact) mass is 307 g/mol. The Labute approximate surface area is 108 Å². The summed E-state index contributed by atoms with van der Waals surface area (Å²) in [6, 6.07) is 3.95. The van der Waals surface area contributed by atoms with Crippen molar-refractivity contribution in [2.45, 2.75) is 19.3 Å². The molecule has 0 unspecified atom stereocenters. The summed E-state index contributed by atoms with van der Waals surface area (Å²) in [6.07, 6.45) is 3.84. The molecule has 1 aliphatic heterocycles. The zero-order chi connectivity index (χ0) is 10.8. The van der Waals surface area contributed by atoms with Crippen molar-refractivity contribution in [1.29, 1.82) is 0 Å². The van der Waals surface area contributed by atoms with Gasteiger partial charge in [-0.1, -0.05) is 23.2 Å². The van der Waals surface area contributed by atoms with E-state index in [0.717, 1.165) is 23.2 Å². The average Bonchev–Trinajstić information content (AvgIpc) is 2.26. The molecule has 0 N–H and O–H groups in total. The fourth-order valence-electron chi connectivity index (χ4n) is 1.88. The van der Waals surface area contributed by atoms with Gasteiger partial charge in [-0.2, -0.15) is 0 Å². The zero-order valence-electron chi connectivity index (χ0n) is 8.27. The van der Waals surface area contributed by atoms with Crippen molar-refractivity contribution < 1.29 is 0 Å². The third kappa shape index (κ3) is 2.61. The van der Waals surface area contributed by atoms with E-state index in [2.05, 4.69) is 20.8 Å². The predicted octanol–water partition coefficient (Wildman–Crippen LogP) is 4.75. The molecule has 82 valence electrons. The van der Waals surface area contributed by atoms with Gasteiger partial charge in [0.05, 0.1) is 14.5 Å². The van der Waals surface area contributed by atoms with Crippen molar-refractivity contribution in [2.75, 3.05) is 18.0 Å². The van der Waals surface area contributed by atoms with Gasteiger partial charge in [0.2, 0.25) is 0 Å². The fourth-order valence-corrected chi connectivity index (χ4v) is 2.58. The summed E-state index contributed by atoms with van der Waals surface area (Å²) in [4.78, 5) is 2.34. The lowest BCUT2D eigenvalue weighted by Gasteiger charge is -2.29. The number of rotatable bonds is 1. The normalized spacial score (nSPS) is 16.9. The Morgan fingerprint density at radius 1 is 1.00 bits per heavy atom. The molecule has 1 saturated heterocycles. The summed E-state index contributed by atoms with van der Waals surface area (Å²) in [5, 5.41) is 1.37. The Morgan fingerprint density at radius 2 is 1.53 bits per heavy atom. The lowest BCUT2D eigenvalue weighted by atomic mass is 10.1. The van der Waals surface area contributed by atoms with Crippen molar-refractivity contribution in [1.82, 2.24) is 0 Å². The summed E-state index contributed by atoms with van der Waals surface area (Å²) < 4.78 is 0.784. The Kier molecular flexibility index (Phi) is 3.81. The molecule has 1 aromatic rings. The summed E-state index contributed by atoms with van der Waals surface area (Å²) in [7, 11) is 0. The molecule has 1 aromatic carbocycles. The van der Waals surface area contributed by atoms with Crippen molar-refractivity contribution in [3.63, 3.8) is 0 Å². The molecule has 1 heterocycles. The quantitative estimate of drug-likeness (QED) is 0.677. The van der Waals surface area contributed by atoms with Gasteiger partial charge < -0.3 is 4.90 Å². The first kappa shape index (κ1) is 11.6. The first-order chi connectivity index (χ1) is 7.18. The molecule has 0 aromatic heterocycles. The summed E-state index contributed by atoms with van der Waals surface area (Å²) in [5.74, 6) is 0. The molecule has 0 saturated carbocycles. The van der Waals surface area contributed by atoms with E-state index in [-0.39, 0.29) is 0 Å². The Hall–Kier alpha value is 0.0800. The largest absolute Gasteiger partial charge is 0.371 e. The van der Waals surface area contributed by atoms with Crippen LogP contribution in [0.4, 0.5) is 5.69 Å². The molecule has 1 fully saturated rings. The maximum Gasteiger partial charge on any atom is 0.0583 e. The minimum absolute atomic E-state index is 0.683. The van der Waals surface area contributed by atoms with Gasteiger partial charge in [-0.3, -0.25) is 0 Å². The van der Waals surface area contributed by atoms with Crippen molar-refractivity contribution in [3.05, 3.63) is 26.7 Å². The zero-order valence-corrected chi connectivity index (χ0v) is 11.4. The van der Waals surface area contributed by atoms with E-state index in [1.807, 2.05) is 12.1 Å². The second-order valence-corrected chi connectivity index (χ2v) is 5.38. The first-order valence-corrected chi connectivity index (χ1v) is 6.63. The molecule has 4 heteroatoms. The maximum atomic E-state index is 6.08. The molecule has 0 atom stereocenters. The average molecular weight is 309 g/mol. The van der Waals surface area contributed by atoms with Crippen LogP contribution in [0.3, 0.4) is 0 Å². The number of hydrogen-bond acceptors (Lipinski definition) is 1. The lowest BCUT2D eigenvalue weighted by molar-refractivity contribution is 0.578. The standard InChI is InChI=1S/C11H12BrCl2N/c12-11-9(13)6-8(7-10(11)14)15-4-2-1-3-5-15/h6-7H,1-5H2. The van der Waals surface area contributed by atoms with E-state index in [1.54, 1.807) is 0 Å². The topological polar surface area (TPSA) is 3.24 Å². The number of benzene rings is 1. The highest BCUT2D eigenvalue weighted by atomic mass is 79.9. The Morgan fingerprint density at radius 3 is 2.07 bits per heavy atom. The molecular formula is C11H12BrCl2N. The van der Waals surface area contributed by atoms with Gasteiger partial charge in [0, 0.05) is 18.8 Å². The van der Waals surface area contributed by atoms with E-state index in [0.29, 0.717) is 10.0 Å². The van der Waals surface area contributed by atoms with Crippen molar-refractivity contribution in [2.24, 2.45) is 0 Å². The van der Waals surface area contributed by atoms with E-state index < -0.39 is 0 Å². The molecule has 0 bridgehead atoms. The van der Waals surface area contributed by atoms with Crippen LogP contribution in [0.1, 0.15) is 19.3 Å². The van der Waals surface area contributed by atoms with E-state index in [1.165, 1.54) is 19.3 Å². The number of nitrogens with zero attached hydrogens (tertiary/aromatic N) is 1. The van der Waals surface area contributed by atoms with Crippen LogP contribution in [0.5, 0.6) is 0 Å². The van der Waals surface area contributed by atoms with Crippen molar-refractivity contribution in [3.8, 4) is 0 Å². The Bertz CT molecular complexity index is 339. The molecular weight excluding hydrogens is 297 g/mol. The smallest absolute Gasteiger partial charge is 0.0583 e. The molecule has 1 nitrogen and oxygen atoms in total. The van der Waals surface area contributed by atoms with Gasteiger partial charge in [-0.25, -0.2) is 0 Å². The number of piperidine rings is 1. The molecule has 0 radical (unpaired) electrons. The van der Waals surface area contributed by atoms with Gasteiger partial charge in [-0.15, -0.1) is 0 Å². The van der Waals surface area contributed by atoms with E-state index >= 15 is 0 Å². The van der Waals surface area contributed by atoms with Gasteiger partial charge in [0.1, 0.15) is 0 Å². The summed E-state index contributed by atoms with van der Waals surface area (Å²) >= 11 is 15.5. The molecule has 0 amide bonds. The van der Waals surface area contributed by atoms with E-state index in [9.17, 15) is 0 Å². The SMILES string of the molecule is Clc1cc(N2CCCCC2)cc(Cl)c1Br. The van der Waals surface area contributed by atoms with Crippen molar-refractivity contribution >= 4 is 44.8 Å². The van der Waals surface area contributed by atoms with Crippen LogP contribution < -0.4 is 4.90 Å². The Balaban J connectivity index is 2.27. The first-order valence-electron chi connectivity index (χ1n) is 5.08. The van der Waals surface area contributed by atoms with Crippen LogP contribution in [0.25, 0.3) is 0 Å². The van der Waals surface area contributed by atoms with Crippen LogP contribution in [-0.2, 0) is 0 Å². The van der Waals surface area contributed by atoms with Gasteiger partial charge in [-0.05, 0) is 47.3 Å². The number of anilines is 1. The summed E-state index contributed by atoms with van der Waals surface area (Å²) in [5.41, 5.74) is 1.13. The van der Waals surface area contributed by atoms with Gasteiger partial charge >= 0.3 is 0 Å². The minimum atomic E-state index is 0.683. The highest BCUT2D eigenvalue weighted by Crippen LogP contribution is 2.35. The highest BCUT2D eigenvalue weighted by molar-refractivity contribution is 9.10.